The SMILES string of the molecule is Cc1cc(C)nc(NC(=O)c2cc(F)c(F)cc2Cl)c1. The molecule has 104 valence electrons. The summed E-state index contributed by atoms with van der Waals surface area (Å²) in [5.41, 5.74) is 1.51. The van der Waals surface area contributed by atoms with Crippen molar-refractivity contribution in [3.63, 3.8) is 0 Å². The number of pyridine rings is 1. The second-order valence-electron chi connectivity index (χ2n) is 4.37. The average molecular weight is 297 g/mol. The summed E-state index contributed by atoms with van der Waals surface area (Å²) in [6.45, 7) is 3.64. The van der Waals surface area contributed by atoms with E-state index in [4.69, 9.17) is 11.6 Å². The highest BCUT2D eigenvalue weighted by Crippen LogP contribution is 2.21. The molecule has 0 atom stereocenters. The van der Waals surface area contributed by atoms with Gasteiger partial charge < -0.3 is 5.32 Å². The first-order valence-electron chi connectivity index (χ1n) is 5.78. The van der Waals surface area contributed by atoms with Crippen molar-refractivity contribution in [2.24, 2.45) is 0 Å². The molecular formula is C14H11ClF2N2O. The summed E-state index contributed by atoms with van der Waals surface area (Å²) in [6.07, 6.45) is 0. The quantitative estimate of drug-likeness (QED) is 0.855. The minimum Gasteiger partial charge on any atom is -0.307 e. The number of halogens is 3. The van der Waals surface area contributed by atoms with Crippen LogP contribution < -0.4 is 5.32 Å². The normalized spacial score (nSPS) is 10.4. The summed E-state index contributed by atoms with van der Waals surface area (Å²) in [4.78, 5) is 16.1. The van der Waals surface area contributed by atoms with Crippen molar-refractivity contribution < 1.29 is 13.6 Å². The van der Waals surface area contributed by atoms with Crippen LogP contribution in [0.2, 0.25) is 5.02 Å². The minimum absolute atomic E-state index is 0.147. The van der Waals surface area contributed by atoms with Crippen LogP contribution >= 0.6 is 11.6 Å². The fourth-order valence-corrected chi connectivity index (χ4v) is 2.02. The molecule has 0 radical (unpaired) electrons. The maximum absolute atomic E-state index is 13.2. The van der Waals surface area contributed by atoms with Crippen LogP contribution in [0.5, 0.6) is 0 Å². The predicted molar refractivity (Wildman–Crippen MR) is 73.0 cm³/mol. The maximum atomic E-state index is 13.2. The Balaban J connectivity index is 2.30. The first kappa shape index (κ1) is 14.4. The molecule has 2 rings (SSSR count). The van der Waals surface area contributed by atoms with Gasteiger partial charge in [-0.1, -0.05) is 11.6 Å². The lowest BCUT2D eigenvalue weighted by atomic mass is 10.2. The molecule has 0 aliphatic rings. The second-order valence-corrected chi connectivity index (χ2v) is 4.78. The highest BCUT2D eigenvalue weighted by Gasteiger charge is 2.15. The number of hydrogen-bond acceptors (Lipinski definition) is 2. The van der Waals surface area contributed by atoms with E-state index in [9.17, 15) is 13.6 Å². The number of rotatable bonds is 2. The summed E-state index contributed by atoms with van der Waals surface area (Å²) in [5.74, 6) is -2.55. The van der Waals surface area contributed by atoms with Gasteiger partial charge in [-0.15, -0.1) is 0 Å². The number of aromatic nitrogens is 1. The van der Waals surface area contributed by atoms with Gasteiger partial charge in [-0.25, -0.2) is 13.8 Å². The van der Waals surface area contributed by atoms with Crippen LogP contribution in [0.4, 0.5) is 14.6 Å². The van der Waals surface area contributed by atoms with Gasteiger partial charge in [0.2, 0.25) is 0 Å². The smallest absolute Gasteiger partial charge is 0.258 e. The van der Waals surface area contributed by atoms with Crippen molar-refractivity contribution in [1.29, 1.82) is 0 Å². The summed E-state index contributed by atoms with van der Waals surface area (Å²) in [5, 5.41) is 2.34. The van der Waals surface area contributed by atoms with E-state index in [1.165, 1.54) is 0 Å². The van der Waals surface area contributed by atoms with E-state index in [1.54, 1.807) is 13.0 Å². The third-order valence-corrected chi connectivity index (χ3v) is 2.91. The lowest BCUT2D eigenvalue weighted by Crippen LogP contribution is -2.14. The number of aryl methyl sites for hydroxylation is 2. The maximum Gasteiger partial charge on any atom is 0.258 e. The first-order valence-corrected chi connectivity index (χ1v) is 6.16. The topological polar surface area (TPSA) is 42.0 Å². The van der Waals surface area contributed by atoms with Crippen LogP contribution in [0.25, 0.3) is 0 Å². The van der Waals surface area contributed by atoms with E-state index >= 15 is 0 Å². The second kappa shape index (κ2) is 5.54. The Bertz CT molecular complexity index is 669. The van der Waals surface area contributed by atoms with Crippen molar-refractivity contribution >= 4 is 23.3 Å². The Morgan fingerprint density at radius 3 is 2.45 bits per heavy atom. The molecule has 1 aromatic heterocycles. The molecule has 2 aromatic rings. The van der Waals surface area contributed by atoms with Gasteiger partial charge >= 0.3 is 0 Å². The molecule has 0 bridgehead atoms. The van der Waals surface area contributed by atoms with Gasteiger partial charge in [-0.2, -0.15) is 0 Å². The third-order valence-electron chi connectivity index (χ3n) is 2.59. The Morgan fingerprint density at radius 1 is 1.15 bits per heavy atom. The molecule has 6 heteroatoms. The van der Waals surface area contributed by atoms with E-state index in [1.807, 2.05) is 13.0 Å². The molecule has 0 saturated heterocycles. The molecule has 0 aliphatic heterocycles. The molecule has 3 nitrogen and oxygen atoms in total. The highest BCUT2D eigenvalue weighted by molar-refractivity contribution is 6.34. The van der Waals surface area contributed by atoms with Gasteiger partial charge in [0.15, 0.2) is 11.6 Å². The van der Waals surface area contributed by atoms with Crippen molar-refractivity contribution in [3.8, 4) is 0 Å². The molecule has 0 unspecified atom stereocenters. The Morgan fingerprint density at radius 2 is 1.80 bits per heavy atom. The van der Waals surface area contributed by atoms with Gasteiger partial charge in [0.05, 0.1) is 10.6 Å². The van der Waals surface area contributed by atoms with Gasteiger partial charge in [0.1, 0.15) is 5.82 Å². The summed E-state index contributed by atoms with van der Waals surface area (Å²) in [7, 11) is 0. The molecule has 0 spiro atoms. The van der Waals surface area contributed by atoms with Gasteiger partial charge in [-0.05, 0) is 43.7 Å². The van der Waals surface area contributed by atoms with Crippen LogP contribution in [0.15, 0.2) is 24.3 Å². The number of hydrogen-bond donors (Lipinski definition) is 1. The summed E-state index contributed by atoms with van der Waals surface area (Å²) in [6, 6.07) is 5.04. The molecule has 1 heterocycles. The molecule has 1 N–H and O–H groups in total. The van der Waals surface area contributed by atoms with Gasteiger partial charge in [0.25, 0.3) is 5.91 Å². The molecule has 0 saturated carbocycles. The Labute approximate surface area is 119 Å². The average Bonchev–Trinajstić information content (AvgIpc) is 2.32. The first-order chi connectivity index (χ1) is 9.36. The third kappa shape index (κ3) is 3.11. The fourth-order valence-electron chi connectivity index (χ4n) is 1.79. The molecule has 1 amide bonds. The molecule has 1 aromatic carbocycles. The summed E-state index contributed by atoms with van der Waals surface area (Å²) < 4.78 is 26.1. The number of carbonyl (C=O) groups is 1. The van der Waals surface area contributed by atoms with Crippen molar-refractivity contribution in [2.75, 3.05) is 5.32 Å². The summed E-state index contributed by atoms with van der Waals surface area (Å²) >= 11 is 5.74. The number of anilines is 1. The monoisotopic (exact) mass is 296 g/mol. The number of benzene rings is 1. The van der Waals surface area contributed by atoms with E-state index in [-0.39, 0.29) is 10.6 Å². The van der Waals surface area contributed by atoms with Crippen LogP contribution in [0.1, 0.15) is 21.6 Å². The van der Waals surface area contributed by atoms with Crippen LogP contribution in [0, 0.1) is 25.5 Å². The highest BCUT2D eigenvalue weighted by atomic mass is 35.5. The minimum atomic E-state index is -1.13. The number of nitrogens with one attached hydrogen (secondary N) is 1. The van der Waals surface area contributed by atoms with Crippen LogP contribution in [0.3, 0.4) is 0 Å². The Kier molecular flexibility index (Phi) is 3.99. The fraction of sp³-hybridized carbons (Fsp3) is 0.143. The number of amides is 1. The molecule has 0 fully saturated rings. The molecule has 20 heavy (non-hydrogen) atoms. The largest absolute Gasteiger partial charge is 0.307 e. The van der Waals surface area contributed by atoms with Crippen LogP contribution in [-0.2, 0) is 0 Å². The predicted octanol–water partition coefficient (Wildman–Crippen LogP) is 3.88. The standard InChI is InChI=1S/C14H11ClF2N2O/c1-7-3-8(2)18-13(4-7)19-14(20)9-5-11(16)12(17)6-10(9)15/h3-6H,1-2H3,(H,18,19,20). The number of nitrogens with zero attached hydrogens (tertiary/aromatic N) is 1. The van der Waals surface area contributed by atoms with E-state index in [0.29, 0.717) is 5.82 Å². The van der Waals surface area contributed by atoms with E-state index in [2.05, 4.69) is 10.3 Å². The van der Waals surface area contributed by atoms with Crippen molar-refractivity contribution in [2.45, 2.75) is 13.8 Å². The van der Waals surface area contributed by atoms with Crippen LogP contribution in [-0.4, -0.2) is 10.9 Å². The van der Waals surface area contributed by atoms with Crippen molar-refractivity contribution in [1.82, 2.24) is 4.98 Å². The van der Waals surface area contributed by atoms with Gasteiger partial charge in [-0.3, -0.25) is 4.79 Å². The van der Waals surface area contributed by atoms with Gasteiger partial charge in [0, 0.05) is 5.69 Å². The van der Waals surface area contributed by atoms with E-state index < -0.39 is 17.5 Å². The zero-order chi connectivity index (χ0) is 14.9. The number of carbonyl (C=O) groups excluding carboxylic acids is 1. The zero-order valence-electron chi connectivity index (χ0n) is 10.8. The molecule has 0 aliphatic carbocycles. The molecular weight excluding hydrogens is 286 g/mol. The van der Waals surface area contributed by atoms with Crippen molar-refractivity contribution in [3.05, 3.63) is 57.7 Å². The lowest BCUT2D eigenvalue weighted by molar-refractivity contribution is 0.102. The van der Waals surface area contributed by atoms with E-state index in [0.717, 1.165) is 23.4 Å². The Hall–Kier alpha value is -2.01. The zero-order valence-corrected chi connectivity index (χ0v) is 11.6. The lowest BCUT2D eigenvalue weighted by Gasteiger charge is -2.08.